The number of hydrogen-bond acceptors (Lipinski definition) is 5. The summed E-state index contributed by atoms with van der Waals surface area (Å²) >= 11 is 1.26. The minimum Gasteiger partial charge on any atom is -0.364 e. The van der Waals surface area contributed by atoms with Crippen molar-refractivity contribution in [2.45, 2.75) is 23.8 Å². The van der Waals surface area contributed by atoms with Gasteiger partial charge in [0.25, 0.3) is 10.0 Å². The maximum absolute atomic E-state index is 12.8. The molecular formula is C23H21N3O2S2. The molecule has 1 aromatic heterocycles. The molecule has 5 rings (SSSR count). The maximum Gasteiger partial charge on any atom is 0.263 e. The molecule has 1 unspecified atom stereocenters. The van der Waals surface area contributed by atoms with Gasteiger partial charge in [0.05, 0.1) is 10.9 Å². The lowest BCUT2D eigenvalue weighted by atomic mass is 10.0. The summed E-state index contributed by atoms with van der Waals surface area (Å²) in [6.45, 7) is 0.990. The number of thiazole rings is 1. The van der Waals surface area contributed by atoms with Gasteiger partial charge in [-0.05, 0) is 42.0 Å². The molecule has 30 heavy (non-hydrogen) atoms. The number of aromatic nitrogens is 1. The molecule has 2 heterocycles. The first-order chi connectivity index (χ1) is 14.6. The van der Waals surface area contributed by atoms with E-state index in [1.807, 2.05) is 24.3 Å². The van der Waals surface area contributed by atoms with Crippen molar-refractivity contribution in [1.82, 2.24) is 4.98 Å². The minimum absolute atomic E-state index is 0.239. The van der Waals surface area contributed by atoms with Crippen molar-refractivity contribution in [1.29, 1.82) is 0 Å². The first kappa shape index (κ1) is 19.1. The number of anilines is 2. The van der Waals surface area contributed by atoms with E-state index in [1.54, 1.807) is 23.7 Å². The van der Waals surface area contributed by atoms with Crippen LogP contribution in [0.3, 0.4) is 0 Å². The van der Waals surface area contributed by atoms with Crippen molar-refractivity contribution in [2.24, 2.45) is 0 Å². The Kier molecular flexibility index (Phi) is 4.92. The van der Waals surface area contributed by atoms with Gasteiger partial charge >= 0.3 is 0 Å². The zero-order valence-electron chi connectivity index (χ0n) is 16.2. The van der Waals surface area contributed by atoms with Gasteiger partial charge in [-0.3, -0.25) is 4.72 Å². The maximum atomic E-state index is 12.8. The van der Waals surface area contributed by atoms with Crippen LogP contribution in [0.1, 0.15) is 24.4 Å². The molecular weight excluding hydrogens is 414 g/mol. The lowest BCUT2D eigenvalue weighted by Gasteiger charge is -2.28. The Morgan fingerprint density at radius 2 is 1.90 bits per heavy atom. The van der Waals surface area contributed by atoms with E-state index in [1.165, 1.54) is 16.9 Å². The fourth-order valence-electron chi connectivity index (χ4n) is 4.19. The lowest BCUT2D eigenvalue weighted by Crippen LogP contribution is -2.22. The van der Waals surface area contributed by atoms with Crippen LogP contribution in [0.4, 0.5) is 10.8 Å². The van der Waals surface area contributed by atoms with Crippen LogP contribution in [0, 0.1) is 0 Å². The zero-order valence-corrected chi connectivity index (χ0v) is 17.9. The minimum atomic E-state index is -3.68. The summed E-state index contributed by atoms with van der Waals surface area (Å²) < 4.78 is 28.1. The summed E-state index contributed by atoms with van der Waals surface area (Å²) in [4.78, 5) is 6.70. The Morgan fingerprint density at radius 3 is 2.70 bits per heavy atom. The first-order valence-corrected chi connectivity index (χ1v) is 12.2. The third kappa shape index (κ3) is 3.55. The highest BCUT2D eigenvalue weighted by Crippen LogP contribution is 2.39. The third-order valence-electron chi connectivity index (χ3n) is 5.54. The Balaban J connectivity index is 1.52. The van der Waals surface area contributed by atoms with Crippen LogP contribution >= 0.6 is 11.3 Å². The van der Waals surface area contributed by atoms with E-state index in [0.29, 0.717) is 11.2 Å². The monoisotopic (exact) mass is 435 g/mol. The molecule has 1 fully saturated rings. The van der Waals surface area contributed by atoms with Crippen molar-refractivity contribution < 1.29 is 8.42 Å². The second kappa shape index (κ2) is 7.74. The van der Waals surface area contributed by atoms with Gasteiger partial charge in [0.2, 0.25) is 0 Å². The SMILES string of the molecule is O=S(=O)(Nc1nccs1)c1ccc2c(N3CCCC3c3ccccc3)cccc2c1. The van der Waals surface area contributed by atoms with E-state index in [0.717, 1.165) is 35.8 Å². The third-order valence-corrected chi connectivity index (χ3v) is 7.69. The summed E-state index contributed by atoms with van der Waals surface area (Å²) in [5, 5.41) is 4.08. The molecule has 1 N–H and O–H groups in total. The summed E-state index contributed by atoms with van der Waals surface area (Å²) in [6.07, 6.45) is 3.83. The molecule has 3 aromatic carbocycles. The van der Waals surface area contributed by atoms with E-state index in [9.17, 15) is 8.42 Å². The molecule has 1 saturated heterocycles. The molecule has 4 aromatic rings. The molecule has 0 amide bonds. The average molecular weight is 436 g/mol. The van der Waals surface area contributed by atoms with Crippen LogP contribution in [-0.2, 0) is 10.0 Å². The number of fused-ring (bicyclic) bond motifs is 1. The predicted octanol–water partition coefficient (Wildman–Crippen LogP) is 5.44. The second-order valence-electron chi connectivity index (χ2n) is 7.36. The van der Waals surface area contributed by atoms with E-state index in [-0.39, 0.29) is 4.90 Å². The fourth-order valence-corrected chi connectivity index (χ4v) is 6.01. The van der Waals surface area contributed by atoms with Crippen LogP contribution in [0.2, 0.25) is 0 Å². The smallest absolute Gasteiger partial charge is 0.263 e. The van der Waals surface area contributed by atoms with Crippen LogP contribution in [0.25, 0.3) is 10.8 Å². The predicted molar refractivity (Wildman–Crippen MR) is 123 cm³/mol. The molecule has 0 saturated carbocycles. The molecule has 152 valence electrons. The van der Waals surface area contributed by atoms with Crippen LogP contribution < -0.4 is 9.62 Å². The highest BCUT2D eigenvalue weighted by Gasteiger charge is 2.27. The molecule has 1 aliphatic heterocycles. The molecule has 1 aliphatic rings. The second-order valence-corrected chi connectivity index (χ2v) is 9.94. The summed E-state index contributed by atoms with van der Waals surface area (Å²) in [6, 6.07) is 22.4. The van der Waals surface area contributed by atoms with Crippen LogP contribution in [-0.4, -0.2) is 19.9 Å². The van der Waals surface area contributed by atoms with Gasteiger partial charge in [0.1, 0.15) is 0 Å². The van der Waals surface area contributed by atoms with E-state index in [2.05, 4.69) is 44.9 Å². The molecule has 7 heteroatoms. The molecule has 0 bridgehead atoms. The Bertz CT molecular complexity index is 1270. The standard InChI is InChI=1S/C23H21N3O2S2/c27-30(28,25-23-24-13-15-29-23)19-11-12-20-18(16-19)8-4-9-22(20)26-14-5-10-21(26)17-6-2-1-3-7-17/h1-4,6-9,11-13,15-16,21H,5,10,14H2,(H,24,25). The summed E-state index contributed by atoms with van der Waals surface area (Å²) in [5.41, 5.74) is 2.47. The molecule has 5 nitrogen and oxygen atoms in total. The van der Waals surface area contributed by atoms with E-state index >= 15 is 0 Å². The number of sulfonamides is 1. The van der Waals surface area contributed by atoms with Crippen molar-refractivity contribution in [3.63, 3.8) is 0 Å². The number of benzene rings is 3. The van der Waals surface area contributed by atoms with Gasteiger partial charge in [-0.25, -0.2) is 13.4 Å². The molecule has 0 radical (unpaired) electrons. The van der Waals surface area contributed by atoms with Gasteiger partial charge in [-0.2, -0.15) is 0 Å². The quantitative estimate of drug-likeness (QED) is 0.453. The van der Waals surface area contributed by atoms with Crippen molar-refractivity contribution in [3.05, 3.63) is 83.9 Å². The number of hydrogen-bond donors (Lipinski definition) is 1. The van der Waals surface area contributed by atoms with Crippen molar-refractivity contribution in [2.75, 3.05) is 16.2 Å². The Morgan fingerprint density at radius 1 is 1.03 bits per heavy atom. The first-order valence-electron chi connectivity index (χ1n) is 9.88. The highest BCUT2D eigenvalue weighted by molar-refractivity contribution is 7.93. The molecule has 1 atom stereocenters. The van der Waals surface area contributed by atoms with Gasteiger partial charge < -0.3 is 4.90 Å². The Labute approximate surface area is 180 Å². The topological polar surface area (TPSA) is 62.3 Å². The molecule has 0 spiro atoms. The van der Waals surface area contributed by atoms with E-state index in [4.69, 9.17) is 0 Å². The summed E-state index contributed by atoms with van der Waals surface area (Å²) in [7, 11) is -3.68. The number of rotatable bonds is 5. The van der Waals surface area contributed by atoms with Gasteiger partial charge in [0, 0.05) is 29.2 Å². The molecule has 0 aliphatic carbocycles. The van der Waals surface area contributed by atoms with Gasteiger partial charge in [-0.1, -0.05) is 48.5 Å². The van der Waals surface area contributed by atoms with Crippen LogP contribution in [0.15, 0.2) is 83.2 Å². The van der Waals surface area contributed by atoms with Gasteiger partial charge in [0.15, 0.2) is 5.13 Å². The Hall–Kier alpha value is -2.90. The number of nitrogens with one attached hydrogen (secondary N) is 1. The van der Waals surface area contributed by atoms with Gasteiger partial charge in [-0.15, -0.1) is 11.3 Å². The largest absolute Gasteiger partial charge is 0.364 e. The zero-order chi connectivity index (χ0) is 20.6. The number of nitrogens with zero attached hydrogens (tertiary/aromatic N) is 2. The fraction of sp³-hybridized carbons (Fsp3) is 0.174. The summed E-state index contributed by atoms with van der Waals surface area (Å²) in [5.74, 6) is 0. The van der Waals surface area contributed by atoms with Crippen molar-refractivity contribution in [3.8, 4) is 0 Å². The lowest BCUT2D eigenvalue weighted by molar-refractivity contribution is 0.601. The highest BCUT2D eigenvalue weighted by atomic mass is 32.2. The van der Waals surface area contributed by atoms with E-state index < -0.39 is 10.0 Å². The van der Waals surface area contributed by atoms with Crippen molar-refractivity contribution >= 4 is 43.0 Å². The normalized spacial score (nSPS) is 16.8. The average Bonchev–Trinajstić information content (AvgIpc) is 3.45. The van der Waals surface area contributed by atoms with Crippen LogP contribution in [0.5, 0.6) is 0 Å².